The number of carbonyl (C=O) groups excluding carboxylic acids is 2. The van der Waals surface area contributed by atoms with Crippen LogP contribution in [0.3, 0.4) is 0 Å². The normalized spacial score (nSPS) is 14.2. The van der Waals surface area contributed by atoms with Crippen LogP contribution in [0.15, 0.2) is 64.1 Å². The molecule has 1 aliphatic rings. The number of carbonyl (C=O) groups is 2. The molecule has 0 spiro atoms. The van der Waals surface area contributed by atoms with E-state index in [1.165, 1.54) is 17.8 Å². The van der Waals surface area contributed by atoms with Crippen LogP contribution in [0.2, 0.25) is 10.0 Å². The zero-order valence-corrected chi connectivity index (χ0v) is 18.6. The second-order valence-electron chi connectivity index (χ2n) is 6.93. The van der Waals surface area contributed by atoms with Gasteiger partial charge in [0.1, 0.15) is 5.76 Å². The fraction of sp³-hybridized carbons (Fsp3) is 0.130. The van der Waals surface area contributed by atoms with E-state index >= 15 is 0 Å². The van der Waals surface area contributed by atoms with Crippen LogP contribution in [0.5, 0.6) is 0 Å². The quantitative estimate of drug-likeness (QED) is 0.414. The lowest BCUT2D eigenvalue weighted by atomic mass is 9.99. The van der Waals surface area contributed by atoms with Gasteiger partial charge in [-0.15, -0.1) is 11.8 Å². The molecule has 2 aromatic carbocycles. The van der Waals surface area contributed by atoms with Gasteiger partial charge in [0.2, 0.25) is 0 Å². The molecule has 0 saturated carbocycles. The molecule has 0 fully saturated rings. The number of thioether (sulfide) groups is 1. The number of amides is 2. The molecule has 3 aromatic rings. The highest BCUT2D eigenvalue weighted by Gasteiger charge is 2.41. The van der Waals surface area contributed by atoms with Crippen molar-refractivity contribution in [2.75, 3.05) is 4.90 Å². The number of hydrogen-bond donors (Lipinski definition) is 0. The number of rotatable bonds is 5. The van der Waals surface area contributed by atoms with Gasteiger partial charge in [-0.05, 0) is 55.3 Å². The Labute approximate surface area is 188 Å². The van der Waals surface area contributed by atoms with E-state index in [0.717, 1.165) is 21.6 Å². The van der Waals surface area contributed by atoms with E-state index in [2.05, 4.69) is 0 Å². The summed E-state index contributed by atoms with van der Waals surface area (Å²) in [5.41, 5.74) is 3.36. The fourth-order valence-electron chi connectivity index (χ4n) is 3.39. The van der Waals surface area contributed by atoms with Crippen LogP contribution >= 0.6 is 35.0 Å². The largest absolute Gasteiger partial charge is 0.468 e. The number of anilines is 1. The molecule has 0 unspecified atom stereocenters. The van der Waals surface area contributed by atoms with Crippen molar-refractivity contribution in [3.05, 3.63) is 92.2 Å². The zero-order valence-electron chi connectivity index (χ0n) is 16.2. The monoisotopic (exact) mass is 457 g/mol. The minimum atomic E-state index is -0.421. The second-order valence-corrected chi connectivity index (χ2v) is 8.76. The van der Waals surface area contributed by atoms with Crippen molar-refractivity contribution < 1.29 is 14.0 Å². The van der Waals surface area contributed by atoms with E-state index in [9.17, 15) is 9.59 Å². The Hall–Kier alpha value is -2.47. The van der Waals surface area contributed by atoms with Gasteiger partial charge >= 0.3 is 0 Å². The van der Waals surface area contributed by atoms with Crippen LogP contribution < -0.4 is 4.90 Å². The summed E-state index contributed by atoms with van der Waals surface area (Å²) in [6, 6.07) is 14.1. The minimum absolute atomic E-state index is 0.273. The summed E-state index contributed by atoms with van der Waals surface area (Å²) in [6.45, 7) is 3.91. The van der Waals surface area contributed by atoms with Crippen LogP contribution in [-0.2, 0) is 15.3 Å². The Bertz CT molecular complexity index is 1190. The number of nitrogens with zero attached hydrogens (tertiary/aromatic N) is 1. The van der Waals surface area contributed by atoms with Crippen LogP contribution in [-0.4, -0.2) is 11.8 Å². The molecule has 2 amide bonds. The molecule has 1 aromatic heterocycles. The number of imide groups is 1. The average molecular weight is 458 g/mol. The third-order valence-electron chi connectivity index (χ3n) is 4.78. The van der Waals surface area contributed by atoms with Crippen molar-refractivity contribution in [1.29, 1.82) is 0 Å². The number of furan rings is 1. The molecular formula is C23H17Cl2NO3S. The van der Waals surface area contributed by atoms with Gasteiger partial charge in [0, 0.05) is 5.02 Å². The maximum Gasteiger partial charge on any atom is 0.272 e. The third kappa shape index (κ3) is 3.81. The number of hydrogen-bond acceptors (Lipinski definition) is 4. The molecule has 30 heavy (non-hydrogen) atoms. The van der Waals surface area contributed by atoms with E-state index in [4.69, 9.17) is 27.6 Å². The summed E-state index contributed by atoms with van der Waals surface area (Å²) in [4.78, 5) is 28.4. The van der Waals surface area contributed by atoms with Gasteiger partial charge < -0.3 is 4.42 Å². The molecule has 0 bridgehead atoms. The van der Waals surface area contributed by atoms with E-state index in [1.54, 1.807) is 24.5 Å². The minimum Gasteiger partial charge on any atom is -0.468 e. The number of halogens is 2. The lowest BCUT2D eigenvalue weighted by Gasteiger charge is -2.17. The van der Waals surface area contributed by atoms with Crippen molar-refractivity contribution in [2.45, 2.75) is 19.6 Å². The van der Waals surface area contributed by atoms with Crippen molar-refractivity contribution in [3.8, 4) is 0 Å². The Kier molecular flexibility index (Phi) is 5.78. The van der Waals surface area contributed by atoms with E-state index in [0.29, 0.717) is 27.0 Å². The number of aryl methyl sites for hydroxylation is 2. The predicted octanol–water partition coefficient (Wildman–Crippen LogP) is 6.42. The first kappa shape index (κ1) is 20.8. The van der Waals surface area contributed by atoms with Crippen LogP contribution in [0.1, 0.15) is 22.5 Å². The predicted molar refractivity (Wildman–Crippen MR) is 122 cm³/mol. The van der Waals surface area contributed by atoms with Crippen molar-refractivity contribution in [1.82, 2.24) is 0 Å². The molecule has 7 heteroatoms. The smallest absolute Gasteiger partial charge is 0.272 e. The highest BCUT2D eigenvalue weighted by Crippen LogP contribution is 2.42. The van der Waals surface area contributed by atoms with E-state index < -0.39 is 11.8 Å². The molecule has 4 rings (SSSR count). The third-order valence-corrected chi connectivity index (χ3v) is 6.43. The Balaban J connectivity index is 1.82. The summed E-state index contributed by atoms with van der Waals surface area (Å²) in [5.74, 6) is 0.299. The summed E-state index contributed by atoms with van der Waals surface area (Å²) >= 11 is 13.7. The van der Waals surface area contributed by atoms with Gasteiger partial charge in [0.25, 0.3) is 11.8 Å². The zero-order chi connectivity index (χ0) is 21.4. The SMILES string of the molecule is Cc1ccc(C2=C(SCc3ccco3)C(=O)N(c3cc(Cl)ccc3Cl)C2=O)c(C)c1. The highest BCUT2D eigenvalue weighted by molar-refractivity contribution is 8.03. The molecule has 0 radical (unpaired) electrons. The molecule has 1 aliphatic heterocycles. The first-order chi connectivity index (χ1) is 14.4. The average Bonchev–Trinajstić information content (AvgIpc) is 3.29. The topological polar surface area (TPSA) is 50.5 Å². The fourth-order valence-corrected chi connectivity index (χ4v) is 4.76. The van der Waals surface area contributed by atoms with E-state index in [-0.39, 0.29) is 10.7 Å². The van der Waals surface area contributed by atoms with Gasteiger partial charge in [-0.3, -0.25) is 9.59 Å². The lowest BCUT2D eigenvalue weighted by Crippen LogP contribution is -2.31. The summed E-state index contributed by atoms with van der Waals surface area (Å²) in [7, 11) is 0. The van der Waals surface area contributed by atoms with Gasteiger partial charge in [0.15, 0.2) is 0 Å². The maximum absolute atomic E-state index is 13.5. The first-order valence-electron chi connectivity index (χ1n) is 9.17. The molecule has 2 heterocycles. The molecular weight excluding hydrogens is 441 g/mol. The number of benzene rings is 2. The van der Waals surface area contributed by atoms with Gasteiger partial charge in [-0.2, -0.15) is 0 Å². The summed E-state index contributed by atoms with van der Waals surface area (Å²) < 4.78 is 5.39. The Morgan fingerprint density at radius 3 is 2.50 bits per heavy atom. The molecule has 0 aliphatic carbocycles. The van der Waals surface area contributed by atoms with E-state index in [1.807, 2.05) is 38.1 Å². The lowest BCUT2D eigenvalue weighted by molar-refractivity contribution is -0.119. The van der Waals surface area contributed by atoms with Crippen molar-refractivity contribution >= 4 is 58.0 Å². The van der Waals surface area contributed by atoms with Gasteiger partial charge in [0.05, 0.1) is 33.2 Å². The van der Waals surface area contributed by atoms with Crippen LogP contribution in [0.25, 0.3) is 5.57 Å². The first-order valence-corrected chi connectivity index (χ1v) is 10.9. The second kappa shape index (κ2) is 8.34. The Morgan fingerprint density at radius 2 is 1.80 bits per heavy atom. The molecule has 0 N–H and O–H groups in total. The van der Waals surface area contributed by atoms with Gasteiger partial charge in [-0.1, -0.05) is 47.0 Å². The van der Waals surface area contributed by atoms with Crippen molar-refractivity contribution in [3.63, 3.8) is 0 Å². The van der Waals surface area contributed by atoms with Crippen LogP contribution in [0, 0.1) is 13.8 Å². The molecule has 0 saturated heterocycles. The van der Waals surface area contributed by atoms with Crippen LogP contribution in [0.4, 0.5) is 5.69 Å². The Morgan fingerprint density at radius 1 is 1.00 bits per heavy atom. The molecule has 4 nitrogen and oxygen atoms in total. The van der Waals surface area contributed by atoms with Gasteiger partial charge in [-0.25, -0.2) is 4.90 Å². The highest BCUT2D eigenvalue weighted by atomic mass is 35.5. The standard InChI is InChI=1S/C23H17Cl2NO3S/c1-13-5-7-17(14(2)10-13)20-21(30-12-16-4-3-9-29-16)23(28)26(22(20)27)19-11-15(24)6-8-18(19)25/h3-11H,12H2,1-2H3. The summed E-state index contributed by atoms with van der Waals surface area (Å²) in [5, 5.41) is 0.665. The summed E-state index contributed by atoms with van der Waals surface area (Å²) in [6.07, 6.45) is 1.58. The maximum atomic E-state index is 13.5. The molecule has 0 atom stereocenters. The molecule has 152 valence electrons. The van der Waals surface area contributed by atoms with Crippen molar-refractivity contribution in [2.24, 2.45) is 0 Å².